The highest BCUT2D eigenvalue weighted by molar-refractivity contribution is 5.86. The topological polar surface area (TPSA) is 102 Å². The summed E-state index contributed by atoms with van der Waals surface area (Å²) in [5.74, 6) is -0.516. The van der Waals surface area contributed by atoms with E-state index < -0.39 is 22.7 Å². The molecule has 4 aliphatic rings. The van der Waals surface area contributed by atoms with Gasteiger partial charge < -0.3 is 14.6 Å². The van der Waals surface area contributed by atoms with Crippen LogP contribution in [0.4, 0.5) is 0 Å². The van der Waals surface area contributed by atoms with Crippen molar-refractivity contribution in [2.75, 3.05) is 0 Å². The molecule has 2 N–H and O–H groups in total. The lowest BCUT2D eigenvalue weighted by Crippen LogP contribution is -2.61. The minimum atomic E-state index is -1.00. The first-order chi connectivity index (χ1) is 14.8. The molecule has 32 heavy (non-hydrogen) atoms. The number of aliphatic hydroxyl groups is 1. The minimum Gasteiger partial charge on any atom is -0.461 e. The van der Waals surface area contributed by atoms with Gasteiger partial charge in [0.2, 0.25) is 0 Å². The minimum absolute atomic E-state index is 0.0732. The zero-order valence-corrected chi connectivity index (χ0v) is 19.7. The first-order valence-corrected chi connectivity index (χ1v) is 11.7. The molecule has 0 spiro atoms. The highest BCUT2D eigenvalue weighted by Crippen LogP contribution is 2.66. The molecule has 3 fully saturated rings. The second-order valence-electron chi connectivity index (χ2n) is 11.4. The van der Waals surface area contributed by atoms with E-state index in [2.05, 4.69) is 6.92 Å². The van der Waals surface area contributed by atoms with Gasteiger partial charge in [0.25, 0.3) is 0 Å². The van der Waals surface area contributed by atoms with Gasteiger partial charge in [0.05, 0.1) is 11.0 Å². The van der Waals surface area contributed by atoms with Crippen LogP contribution in [-0.2, 0) is 24.0 Å². The highest BCUT2D eigenvalue weighted by atomic mass is 17.1. The van der Waals surface area contributed by atoms with Gasteiger partial charge in [-0.3, -0.25) is 10.1 Å². The normalized spacial score (nSPS) is 45.3. The molecular weight excluding hydrogens is 412 g/mol. The summed E-state index contributed by atoms with van der Waals surface area (Å²) >= 11 is 0. The first-order valence-electron chi connectivity index (χ1n) is 11.7. The Balaban J connectivity index is 1.55. The average molecular weight is 449 g/mol. The van der Waals surface area contributed by atoms with Crippen LogP contribution in [0.25, 0.3) is 0 Å². The molecule has 7 nitrogen and oxygen atoms in total. The quantitative estimate of drug-likeness (QED) is 0.274. The third-order valence-corrected chi connectivity index (χ3v) is 8.87. The molecular formula is C25H36O7. The fourth-order valence-electron chi connectivity index (χ4n) is 7.32. The Hall–Kier alpha value is -1.70. The van der Waals surface area contributed by atoms with Crippen molar-refractivity contribution in [3.05, 3.63) is 23.8 Å². The van der Waals surface area contributed by atoms with Crippen LogP contribution in [0.3, 0.4) is 0 Å². The molecule has 0 aromatic heterocycles. The average Bonchev–Trinajstić information content (AvgIpc) is 3.14. The van der Waals surface area contributed by atoms with E-state index in [1.165, 1.54) is 6.08 Å². The molecule has 7 heteroatoms. The Kier molecular flexibility index (Phi) is 5.63. The third-order valence-electron chi connectivity index (χ3n) is 8.87. The summed E-state index contributed by atoms with van der Waals surface area (Å²) in [6.07, 6.45) is 8.35. The second-order valence-corrected chi connectivity index (χ2v) is 11.4. The Labute approximate surface area is 189 Å². The maximum atomic E-state index is 12.8. The number of carbonyl (C=O) groups is 2. The maximum Gasteiger partial charge on any atom is 0.331 e. The number of hydrogen-bond acceptors (Lipinski definition) is 7. The SMILES string of the molecule is CC1=CC(=O)O[C@@H]1C=C[C@@](C)(CC[C@@H]1[C@@]2(C)CCC[C@@]3(C)C(=O)O[C@@H](C[C@@]1(C)O)[C@H]23)OO. The van der Waals surface area contributed by atoms with Crippen LogP contribution in [0, 0.1) is 22.7 Å². The fraction of sp³-hybridized carbons (Fsp3) is 0.760. The van der Waals surface area contributed by atoms with E-state index in [9.17, 15) is 20.0 Å². The molecule has 2 aliphatic heterocycles. The van der Waals surface area contributed by atoms with Crippen molar-refractivity contribution in [3.63, 3.8) is 0 Å². The molecule has 2 saturated carbocycles. The van der Waals surface area contributed by atoms with Crippen molar-refractivity contribution in [1.82, 2.24) is 0 Å². The third kappa shape index (κ3) is 3.62. The van der Waals surface area contributed by atoms with Gasteiger partial charge in [-0.25, -0.2) is 9.68 Å². The smallest absolute Gasteiger partial charge is 0.331 e. The van der Waals surface area contributed by atoms with Crippen molar-refractivity contribution in [2.45, 2.75) is 96.6 Å². The summed E-state index contributed by atoms with van der Waals surface area (Å²) in [5.41, 5.74) is -1.96. The van der Waals surface area contributed by atoms with E-state index in [1.807, 2.05) is 20.8 Å². The van der Waals surface area contributed by atoms with E-state index in [-0.39, 0.29) is 35.3 Å². The van der Waals surface area contributed by atoms with Gasteiger partial charge in [-0.1, -0.05) is 13.3 Å². The number of hydrogen-bond donors (Lipinski definition) is 2. The van der Waals surface area contributed by atoms with Crippen molar-refractivity contribution in [2.24, 2.45) is 22.7 Å². The van der Waals surface area contributed by atoms with Crippen LogP contribution in [0.15, 0.2) is 23.8 Å². The largest absolute Gasteiger partial charge is 0.461 e. The van der Waals surface area contributed by atoms with Crippen molar-refractivity contribution in [3.8, 4) is 0 Å². The van der Waals surface area contributed by atoms with Gasteiger partial charge in [-0.05, 0) is 82.4 Å². The molecule has 0 unspecified atom stereocenters. The Morgan fingerprint density at radius 3 is 2.59 bits per heavy atom. The van der Waals surface area contributed by atoms with E-state index in [4.69, 9.17) is 14.4 Å². The van der Waals surface area contributed by atoms with Crippen LogP contribution >= 0.6 is 0 Å². The molecule has 2 aliphatic carbocycles. The van der Waals surface area contributed by atoms with Crippen LogP contribution in [0.5, 0.6) is 0 Å². The van der Waals surface area contributed by atoms with E-state index >= 15 is 0 Å². The summed E-state index contributed by atoms with van der Waals surface area (Å²) in [4.78, 5) is 29.1. The monoisotopic (exact) mass is 448 g/mol. The molecule has 0 aromatic carbocycles. The Morgan fingerprint density at radius 1 is 1.25 bits per heavy atom. The lowest BCUT2D eigenvalue weighted by atomic mass is 9.44. The van der Waals surface area contributed by atoms with Gasteiger partial charge in [-0.2, -0.15) is 0 Å². The number of esters is 2. The van der Waals surface area contributed by atoms with Crippen LogP contribution < -0.4 is 0 Å². The van der Waals surface area contributed by atoms with Gasteiger partial charge >= 0.3 is 11.9 Å². The van der Waals surface area contributed by atoms with Crippen LogP contribution in [-0.4, -0.2) is 45.7 Å². The highest BCUT2D eigenvalue weighted by Gasteiger charge is 2.69. The molecule has 0 amide bonds. The molecule has 0 radical (unpaired) electrons. The van der Waals surface area contributed by atoms with Crippen LogP contribution in [0.1, 0.15) is 73.1 Å². The fourth-order valence-corrected chi connectivity index (χ4v) is 7.32. The number of ether oxygens (including phenoxy) is 2. The van der Waals surface area contributed by atoms with Gasteiger partial charge in [0, 0.05) is 18.4 Å². The van der Waals surface area contributed by atoms with E-state index in [0.29, 0.717) is 19.3 Å². The van der Waals surface area contributed by atoms with Gasteiger partial charge in [0.15, 0.2) is 0 Å². The Bertz CT molecular complexity index is 860. The second kappa shape index (κ2) is 7.67. The van der Waals surface area contributed by atoms with Gasteiger partial charge in [0.1, 0.15) is 17.8 Å². The predicted octanol–water partition coefficient (Wildman–Crippen LogP) is 3.95. The summed E-state index contributed by atoms with van der Waals surface area (Å²) in [6, 6.07) is 0. The standard InChI is InChI=1S/C25H36O7/c1-15-13-19(26)30-16(15)7-11-22(2,32-29)12-8-18-23(3)9-6-10-24(4)20(23)17(31-21(24)27)14-25(18,5)28/h7,11,13,16-18,20,28-29H,6,8-10,12,14H2,1-5H3/t16-,17+,18-,20-,22+,23-,24-,25-/m1/s1. The molecule has 2 heterocycles. The summed E-state index contributed by atoms with van der Waals surface area (Å²) in [7, 11) is 0. The van der Waals surface area contributed by atoms with Crippen molar-refractivity contribution < 1.29 is 34.3 Å². The number of carbonyl (C=O) groups excluding carboxylic acids is 2. The summed E-state index contributed by atoms with van der Waals surface area (Å²) in [6.45, 7) is 9.66. The van der Waals surface area contributed by atoms with Gasteiger partial charge in [-0.15, -0.1) is 0 Å². The zero-order valence-electron chi connectivity index (χ0n) is 19.7. The molecule has 0 bridgehead atoms. The molecule has 8 atom stereocenters. The number of rotatable bonds is 6. The van der Waals surface area contributed by atoms with E-state index in [1.54, 1.807) is 19.1 Å². The number of cyclic esters (lactones) is 1. The Morgan fingerprint density at radius 2 is 1.97 bits per heavy atom. The molecule has 4 rings (SSSR count). The molecule has 1 saturated heterocycles. The summed E-state index contributed by atoms with van der Waals surface area (Å²) in [5, 5.41) is 21.2. The zero-order chi connectivity index (χ0) is 23.5. The lowest BCUT2D eigenvalue weighted by molar-refractivity contribution is -0.306. The first kappa shape index (κ1) is 23.5. The molecule has 0 aromatic rings. The van der Waals surface area contributed by atoms with Crippen molar-refractivity contribution in [1.29, 1.82) is 0 Å². The summed E-state index contributed by atoms with van der Waals surface area (Å²) < 4.78 is 11.0. The lowest BCUT2D eigenvalue weighted by Gasteiger charge is -2.59. The van der Waals surface area contributed by atoms with Crippen molar-refractivity contribution >= 4 is 11.9 Å². The van der Waals surface area contributed by atoms with Crippen LogP contribution in [0.2, 0.25) is 0 Å². The predicted molar refractivity (Wildman–Crippen MR) is 116 cm³/mol. The molecule has 178 valence electrons. The maximum absolute atomic E-state index is 12.8. The van der Waals surface area contributed by atoms with E-state index in [0.717, 1.165) is 24.8 Å².